The molecule has 6 heteroatoms. The van der Waals surface area contributed by atoms with E-state index in [1.54, 1.807) is 0 Å². The molecule has 0 radical (unpaired) electrons. The molecule has 2 heterocycles. The molecule has 1 aliphatic heterocycles. The van der Waals surface area contributed by atoms with Crippen LogP contribution < -0.4 is 0 Å². The summed E-state index contributed by atoms with van der Waals surface area (Å²) in [6.07, 6.45) is 7.00. The van der Waals surface area contributed by atoms with Crippen molar-refractivity contribution in [2.24, 2.45) is 5.92 Å². The minimum Gasteiger partial charge on any atom is -0.444 e. The molecule has 118 valence electrons. The van der Waals surface area contributed by atoms with Gasteiger partial charge in [-0.05, 0) is 68.5 Å². The molecule has 0 atom stereocenters. The lowest BCUT2D eigenvalue weighted by molar-refractivity contribution is 0.0179. The van der Waals surface area contributed by atoms with Gasteiger partial charge < -0.3 is 9.64 Å². The quantitative estimate of drug-likeness (QED) is 0.723. The van der Waals surface area contributed by atoms with Gasteiger partial charge in [-0.1, -0.05) is 0 Å². The standard InChI is InChI=1S/C15H24IN3O2/c1-15(2,3)21-14(20)18-7-4-12(5-8-18)6-9-19-11-13(16)10-17-19/h10-12H,4-9H2,1-3H3. The Balaban J connectivity index is 1.72. The minimum absolute atomic E-state index is 0.178. The van der Waals surface area contributed by atoms with Gasteiger partial charge >= 0.3 is 6.09 Å². The molecule has 0 unspecified atom stereocenters. The molecule has 0 bridgehead atoms. The predicted octanol–water partition coefficient (Wildman–Crippen LogP) is 3.52. The van der Waals surface area contributed by atoms with Crippen molar-refractivity contribution in [2.75, 3.05) is 13.1 Å². The number of hydrogen-bond donors (Lipinski definition) is 0. The first-order chi connectivity index (χ1) is 9.83. The Labute approximate surface area is 140 Å². The first-order valence-electron chi connectivity index (χ1n) is 7.49. The summed E-state index contributed by atoms with van der Waals surface area (Å²) in [5.74, 6) is 0.672. The number of piperidine rings is 1. The van der Waals surface area contributed by atoms with Crippen molar-refractivity contribution in [1.82, 2.24) is 14.7 Å². The third-order valence-corrected chi connectivity index (χ3v) is 4.19. The number of hydrogen-bond acceptors (Lipinski definition) is 3. The van der Waals surface area contributed by atoms with Crippen LogP contribution in [0, 0.1) is 9.49 Å². The molecule has 1 fully saturated rings. The maximum absolute atomic E-state index is 12.0. The molecule has 0 saturated carbocycles. The van der Waals surface area contributed by atoms with E-state index in [2.05, 4.69) is 33.9 Å². The summed E-state index contributed by atoms with van der Waals surface area (Å²) < 4.78 is 8.59. The topological polar surface area (TPSA) is 47.4 Å². The van der Waals surface area contributed by atoms with Crippen LogP contribution in [0.2, 0.25) is 0 Å². The zero-order chi connectivity index (χ0) is 15.5. The molecule has 1 aromatic rings. The van der Waals surface area contributed by atoms with Crippen molar-refractivity contribution in [3.05, 3.63) is 16.0 Å². The Bertz CT molecular complexity index is 474. The van der Waals surface area contributed by atoms with Crippen LogP contribution in [0.15, 0.2) is 12.4 Å². The summed E-state index contributed by atoms with van der Waals surface area (Å²) in [7, 11) is 0. The van der Waals surface area contributed by atoms with E-state index < -0.39 is 5.60 Å². The van der Waals surface area contributed by atoms with Gasteiger partial charge in [-0.15, -0.1) is 0 Å². The highest BCUT2D eigenvalue weighted by Gasteiger charge is 2.26. The normalized spacial score (nSPS) is 17.0. The van der Waals surface area contributed by atoms with Crippen LogP contribution in [0.4, 0.5) is 4.79 Å². The average molecular weight is 405 g/mol. The van der Waals surface area contributed by atoms with Gasteiger partial charge in [-0.2, -0.15) is 5.10 Å². The number of rotatable bonds is 3. The van der Waals surface area contributed by atoms with Crippen LogP contribution in [0.25, 0.3) is 0 Å². The Morgan fingerprint density at radius 3 is 2.62 bits per heavy atom. The molecular formula is C15H24IN3O2. The van der Waals surface area contributed by atoms with Crippen LogP contribution in [0.5, 0.6) is 0 Å². The summed E-state index contributed by atoms with van der Waals surface area (Å²) in [5, 5.41) is 4.31. The van der Waals surface area contributed by atoms with Gasteiger partial charge in [0.2, 0.25) is 0 Å². The number of likely N-dealkylation sites (tertiary alicyclic amines) is 1. The summed E-state index contributed by atoms with van der Waals surface area (Å²) in [4.78, 5) is 13.8. The number of ether oxygens (including phenoxy) is 1. The lowest BCUT2D eigenvalue weighted by Crippen LogP contribution is -2.41. The molecule has 5 nitrogen and oxygen atoms in total. The second kappa shape index (κ2) is 6.98. The number of aryl methyl sites for hydroxylation is 1. The van der Waals surface area contributed by atoms with E-state index in [1.165, 1.54) is 3.57 Å². The zero-order valence-corrected chi connectivity index (χ0v) is 15.2. The lowest BCUT2D eigenvalue weighted by atomic mass is 9.94. The molecule has 1 aliphatic rings. The molecule has 0 spiro atoms. The monoisotopic (exact) mass is 405 g/mol. The van der Waals surface area contributed by atoms with Crippen molar-refractivity contribution < 1.29 is 9.53 Å². The zero-order valence-electron chi connectivity index (χ0n) is 13.0. The molecule has 1 aromatic heterocycles. The number of aromatic nitrogens is 2. The van der Waals surface area contributed by atoms with Crippen LogP contribution in [0.1, 0.15) is 40.0 Å². The van der Waals surface area contributed by atoms with Gasteiger partial charge in [0.1, 0.15) is 5.60 Å². The average Bonchev–Trinajstić information content (AvgIpc) is 2.81. The second-order valence-corrected chi connectivity index (χ2v) is 7.87. The van der Waals surface area contributed by atoms with Gasteiger partial charge in [0.05, 0.1) is 9.77 Å². The molecule has 21 heavy (non-hydrogen) atoms. The van der Waals surface area contributed by atoms with Gasteiger partial charge in [-0.25, -0.2) is 4.79 Å². The molecule has 0 N–H and O–H groups in total. The van der Waals surface area contributed by atoms with E-state index in [-0.39, 0.29) is 6.09 Å². The maximum Gasteiger partial charge on any atom is 0.410 e. The Morgan fingerprint density at radius 2 is 2.10 bits per heavy atom. The number of carbonyl (C=O) groups is 1. The fourth-order valence-corrected chi connectivity index (χ4v) is 2.95. The molecular weight excluding hydrogens is 381 g/mol. The van der Waals surface area contributed by atoms with Crippen molar-refractivity contribution in [3.8, 4) is 0 Å². The highest BCUT2D eigenvalue weighted by Crippen LogP contribution is 2.22. The van der Waals surface area contributed by atoms with E-state index in [1.807, 2.05) is 36.5 Å². The third kappa shape index (κ3) is 5.48. The third-order valence-electron chi connectivity index (χ3n) is 3.63. The van der Waals surface area contributed by atoms with Gasteiger partial charge in [0, 0.05) is 25.8 Å². The van der Waals surface area contributed by atoms with Crippen LogP contribution >= 0.6 is 22.6 Å². The fourth-order valence-electron chi connectivity index (χ4n) is 2.51. The Hall–Kier alpha value is -0.790. The van der Waals surface area contributed by atoms with Crippen LogP contribution in [-0.4, -0.2) is 39.5 Å². The van der Waals surface area contributed by atoms with E-state index >= 15 is 0 Å². The number of carbonyl (C=O) groups excluding carboxylic acids is 1. The SMILES string of the molecule is CC(C)(C)OC(=O)N1CCC(CCn2cc(I)cn2)CC1. The van der Waals surface area contributed by atoms with Crippen molar-refractivity contribution in [2.45, 2.75) is 52.2 Å². The number of halogens is 1. The fraction of sp³-hybridized carbons (Fsp3) is 0.733. The number of amides is 1. The van der Waals surface area contributed by atoms with Gasteiger partial charge in [0.15, 0.2) is 0 Å². The Kier molecular flexibility index (Phi) is 5.51. The lowest BCUT2D eigenvalue weighted by Gasteiger charge is -2.33. The molecule has 2 rings (SSSR count). The minimum atomic E-state index is -0.412. The van der Waals surface area contributed by atoms with Gasteiger partial charge in [0.25, 0.3) is 0 Å². The smallest absolute Gasteiger partial charge is 0.410 e. The summed E-state index contributed by atoms with van der Waals surface area (Å²) in [5.41, 5.74) is -0.412. The van der Waals surface area contributed by atoms with E-state index in [4.69, 9.17) is 4.74 Å². The second-order valence-electron chi connectivity index (χ2n) is 6.62. The predicted molar refractivity (Wildman–Crippen MR) is 90.1 cm³/mol. The number of nitrogens with zero attached hydrogens (tertiary/aromatic N) is 3. The first kappa shape index (κ1) is 16.6. The van der Waals surface area contributed by atoms with Crippen molar-refractivity contribution in [3.63, 3.8) is 0 Å². The van der Waals surface area contributed by atoms with Crippen molar-refractivity contribution >= 4 is 28.7 Å². The van der Waals surface area contributed by atoms with E-state index in [9.17, 15) is 4.79 Å². The summed E-state index contributed by atoms with van der Waals surface area (Å²) >= 11 is 2.27. The highest BCUT2D eigenvalue weighted by molar-refractivity contribution is 14.1. The molecule has 1 saturated heterocycles. The summed E-state index contributed by atoms with van der Waals surface area (Å²) in [6, 6.07) is 0. The largest absolute Gasteiger partial charge is 0.444 e. The first-order valence-corrected chi connectivity index (χ1v) is 8.57. The molecule has 0 aliphatic carbocycles. The van der Waals surface area contributed by atoms with E-state index in [0.29, 0.717) is 5.92 Å². The summed E-state index contributed by atoms with van der Waals surface area (Å²) in [6.45, 7) is 8.28. The van der Waals surface area contributed by atoms with Crippen molar-refractivity contribution in [1.29, 1.82) is 0 Å². The van der Waals surface area contributed by atoms with Crippen LogP contribution in [0.3, 0.4) is 0 Å². The van der Waals surface area contributed by atoms with Crippen LogP contribution in [-0.2, 0) is 11.3 Å². The van der Waals surface area contributed by atoms with E-state index in [0.717, 1.165) is 38.9 Å². The molecule has 1 amide bonds. The molecule has 0 aromatic carbocycles. The maximum atomic E-state index is 12.0. The van der Waals surface area contributed by atoms with Gasteiger partial charge in [-0.3, -0.25) is 4.68 Å². The highest BCUT2D eigenvalue weighted by atomic mass is 127. The Morgan fingerprint density at radius 1 is 1.43 bits per heavy atom.